The summed E-state index contributed by atoms with van der Waals surface area (Å²) in [5.74, 6) is -2.49. The van der Waals surface area contributed by atoms with E-state index in [0.717, 1.165) is 24.8 Å². The first-order valence-electron chi connectivity index (χ1n) is 14.8. The topological polar surface area (TPSA) is 146 Å². The molecule has 1 aliphatic carbocycles. The van der Waals surface area contributed by atoms with Gasteiger partial charge in [-0.2, -0.15) is 0 Å². The maximum absolute atomic E-state index is 14.2. The second kappa shape index (κ2) is 11.8. The van der Waals surface area contributed by atoms with Gasteiger partial charge in [-0.3, -0.25) is 19.9 Å². The molecule has 5 atom stereocenters. The molecule has 232 valence electrons. The standard InChI is InChI=1S/C31H39ClN4O7/c1-29(2,3)42-28(41)33-22-13-8-6-4-5-7-11-20-15-31(20,27(39)40)34-25(37)24-17-30(18-36(24)26(22)38)16-23(35-43-30)19-10-9-12-21(32)14-19/h7,9-12,14,16,20,22,24,35H,4-6,8,13,15,17-18H2,1-3H3,(H,33,41)(H,34,37)(H,39,40)/t20-,22+,24+,30-,31-/m1/s1. The minimum atomic E-state index is -1.43. The van der Waals surface area contributed by atoms with Gasteiger partial charge in [-0.05, 0) is 64.7 Å². The fourth-order valence-corrected chi connectivity index (χ4v) is 6.23. The number of benzene rings is 1. The molecule has 12 heteroatoms. The van der Waals surface area contributed by atoms with E-state index in [0.29, 0.717) is 23.6 Å². The highest BCUT2D eigenvalue weighted by Gasteiger charge is 2.62. The summed E-state index contributed by atoms with van der Waals surface area (Å²) in [5.41, 5.74) is 1.06. The molecule has 0 aromatic heterocycles. The van der Waals surface area contributed by atoms with Crippen LogP contribution in [0.5, 0.6) is 0 Å². The van der Waals surface area contributed by atoms with E-state index in [2.05, 4.69) is 16.1 Å². The van der Waals surface area contributed by atoms with Crippen LogP contribution in [-0.4, -0.2) is 69.3 Å². The van der Waals surface area contributed by atoms with Crippen molar-refractivity contribution in [2.75, 3.05) is 6.54 Å². The molecule has 1 aromatic carbocycles. The largest absolute Gasteiger partial charge is 0.479 e. The number of carboxylic acids is 1. The number of amides is 3. The maximum Gasteiger partial charge on any atom is 0.408 e. The Morgan fingerprint density at radius 3 is 2.70 bits per heavy atom. The molecule has 43 heavy (non-hydrogen) atoms. The number of hydrogen-bond donors (Lipinski definition) is 4. The van der Waals surface area contributed by atoms with Gasteiger partial charge in [0.2, 0.25) is 11.8 Å². The third-order valence-corrected chi connectivity index (χ3v) is 8.54. The van der Waals surface area contributed by atoms with Gasteiger partial charge in [0.15, 0.2) is 0 Å². The molecule has 3 heterocycles. The molecule has 1 spiro atoms. The van der Waals surface area contributed by atoms with Crippen LogP contribution >= 0.6 is 11.6 Å². The summed E-state index contributed by atoms with van der Waals surface area (Å²) >= 11 is 6.19. The highest BCUT2D eigenvalue weighted by Crippen LogP contribution is 2.46. The first kappa shape index (κ1) is 30.9. The van der Waals surface area contributed by atoms with Gasteiger partial charge in [-0.1, -0.05) is 48.7 Å². The molecule has 4 N–H and O–H groups in total. The predicted molar refractivity (Wildman–Crippen MR) is 158 cm³/mol. The van der Waals surface area contributed by atoms with E-state index in [-0.39, 0.29) is 25.3 Å². The number of nitrogens with one attached hydrogen (secondary N) is 3. The Hall–Kier alpha value is -3.57. The average molecular weight is 615 g/mol. The second-order valence-electron chi connectivity index (χ2n) is 12.9. The number of alkyl carbamates (subject to hydrolysis) is 1. The summed E-state index contributed by atoms with van der Waals surface area (Å²) in [4.78, 5) is 60.6. The fraction of sp³-hybridized carbons (Fsp3) is 0.548. The number of allylic oxidation sites excluding steroid dienone is 1. The van der Waals surface area contributed by atoms with Crippen molar-refractivity contribution in [3.63, 3.8) is 0 Å². The van der Waals surface area contributed by atoms with Crippen molar-refractivity contribution in [3.8, 4) is 0 Å². The molecule has 3 amide bonds. The first-order chi connectivity index (χ1) is 20.3. The van der Waals surface area contributed by atoms with Crippen molar-refractivity contribution in [3.05, 3.63) is 53.1 Å². The zero-order valence-electron chi connectivity index (χ0n) is 24.7. The second-order valence-corrected chi connectivity index (χ2v) is 13.3. The summed E-state index contributed by atoms with van der Waals surface area (Å²) in [7, 11) is 0. The predicted octanol–water partition coefficient (Wildman–Crippen LogP) is 3.93. The van der Waals surface area contributed by atoms with Crippen LogP contribution in [0.2, 0.25) is 5.02 Å². The number of nitrogens with zero attached hydrogens (tertiary/aromatic N) is 1. The molecule has 2 fully saturated rings. The van der Waals surface area contributed by atoms with Gasteiger partial charge < -0.3 is 25.4 Å². The quantitative estimate of drug-likeness (QED) is 0.375. The number of aliphatic carboxylic acids is 1. The molecule has 1 saturated carbocycles. The van der Waals surface area contributed by atoms with E-state index in [1.165, 1.54) is 4.90 Å². The van der Waals surface area contributed by atoms with E-state index in [1.807, 2.05) is 24.3 Å². The number of ether oxygens (including phenoxy) is 1. The Bertz CT molecular complexity index is 1360. The van der Waals surface area contributed by atoms with Gasteiger partial charge in [-0.15, -0.1) is 0 Å². The van der Waals surface area contributed by atoms with Crippen LogP contribution in [0.1, 0.15) is 71.3 Å². The van der Waals surface area contributed by atoms with Crippen LogP contribution in [0.25, 0.3) is 5.70 Å². The van der Waals surface area contributed by atoms with Crippen molar-refractivity contribution < 1.29 is 33.9 Å². The van der Waals surface area contributed by atoms with E-state index in [4.69, 9.17) is 21.2 Å². The normalized spacial score (nSPS) is 31.1. The van der Waals surface area contributed by atoms with Gasteiger partial charge in [0, 0.05) is 22.9 Å². The lowest BCUT2D eigenvalue weighted by atomic mass is 9.97. The number of halogens is 1. The summed E-state index contributed by atoms with van der Waals surface area (Å²) < 4.78 is 5.44. The zero-order chi connectivity index (χ0) is 31.0. The Labute approximate surface area is 255 Å². The molecule has 1 aromatic rings. The highest BCUT2D eigenvalue weighted by molar-refractivity contribution is 6.30. The summed E-state index contributed by atoms with van der Waals surface area (Å²) in [6.45, 7) is 5.22. The van der Waals surface area contributed by atoms with Gasteiger partial charge in [0.1, 0.15) is 28.8 Å². The maximum atomic E-state index is 14.2. The minimum absolute atomic E-state index is 0.0108. The number of carboxylic acid groups (broad SMARTS) is 1. The van der Waals surface area contributed by atoms with Crippen LogP contribution in [0, 0.1) is 5.92 Å². The number of carbonyl (C=O) groups is 4. The Morgan fingerprint density at radius 1 is 1.19 bits per heavy atom. The molecular weight excluding hydrogens is 576 g/mol. The van der Waals surface area contributed by atoms with Gasteiger partial charge >= 0.3 is 12.1 Å². The fourth-order valence-electron chi connectivity index (χ4n) is 6.04. The molecule has 0 bridgehead atoms. The van der Waals surface area contributed by atoms with Crippen LogP contribution in [0.15, 0.2) is 42.5 Å². The van der Waals surface area contributed by atoms with Crippen LogP contribution in [0.3, 0.4) is 0 Å². The number of hydrogen-bond acceptors (Lipinski definition) is 7. The summed E-state index contributed by atoms with van der Waals surface area (Å²) in [6.07, 6.45) is 8.69. The molecule has 11 nitrogen and oxygen atoms in total. The Morgan fingerprint density at radius 2 is 1.98 bits per heavy atom. The lowest BCUT2D eigenvalue weighted by Gasteiger charge is -2.30. The summed E-state index contributed by atoms with van der Waals surface area (Å²) in [6, 6.07) is 5.19. The average Bonchev–Trinajstić information content (AvgIpc) is 3.27. The zero-order valence-corrected chi connectivity index (χ0v) is 25.4. The number of hydroxylamine groups is 1. The third kappa shape index (κ3) is 6.83. The lowest BCUT2D eigenvalue weighted by Crippen LogP contribution is -2.56. The van der Waals surface area contributed by atoms with Crippen molar-refractivity contribution >= 4 is 41.2 Å². The van der Waals surface area contributed by atoms with E-state index in [1.54, 1.807) is 39.0 Å². The van der Waals surface area contributed by atoms with Gasteiger partial charge in [0.05, 0.1) is 12.2 Å². The third-order valence-electron chi connectivity index (χ3n) is 8.31. The molecule has 0 radical (unpaired) electrons. The van der Waals surface area contributed by atoms with Crippen LogP contribution in [0.4, 0.5) is 4.79 Å². The van der Waals surface area contributed by atoms with E-state index in [9.17, 15) is 24.3 Å². The van der Waals surface area contributed by atoms with Gasteiger partial charge in [-0.25, -0.2) is 9.59 Å². The van der Waals surface area contributed by atoms with Gasteiger partial charge in [0.25, 0.3) is 0 Å². The Kier molecular flexibility index (Phi) is 8.50. The first-order valence-corrected chi connectivity index (χ1v) is 15.1. The van der Waals surface area contributed by atoms with E-state index < -0.39 is 52.7 Å². The number of rotatable bonds is 3. The molecule has 5 rings (SSSR count). The molecule has 3 aliphatic heterocycles. The van der Waals surface area contributed by atoms with Crippen molar-refractivity contribution in [1.82, 2.24) is 21.0 Å². The van der Waals surface area contributed by atoms with Crippen molar-refractivity contribution in [2.45, 2.75) is 94.5 Å². The van der Waals surface area contributed by atoms with Crippen LogP contribution in [-0.2, 0) is 24.0 Å². The van der Waals surface area contributed by atoms with Crippen molar-refractivity contribution in [2.24, 2.45) is 5.92 Å². The Balaban J connectivity index is 1.47. The lowest BCUT2D eigenvalue weighted by molar-refractivity contribution is -0.145. The van der Waals surface area contributed by atoms with Crippen LogP contribution < -0.4 is 16.1 Å². The monoisotopic (exact) mass is 614 g/mol. The molecule has 4 aliphatic rings. The smallest absolute Gasteiger partial charge is 0.408 e. The van der Waals surface area contributed by atoms with Crippen molar-refractivity contribution in [1.29, 1.82) is 0 Å². The molecule has 0 unspecified atom stereocenters. The SMILES string of the molecule is CC(C)(C)OC(=O)N[C@H]1CCCCCC=C[C@@H]2C[C@@]2(C(=O)O)NC(=O)[C@@H]2C[C@]3(C=C(c4cccc(Cl)c4)NO3)CN2C1=O. The number of fused-ring (bicyclic) bond motifs is 2. The summed E-state index contributed by atoms with van der Waals surface area (Å²) in [5, 5.41) is 16.1. The minimum Gasteiger partial charge on any atom is -0.479 e. The van der Waals surface area contributed by atoms with E-state index >= 15 is 0 Å². The molecule has 1 saturated heterocycles. The number of carbonyl (C=O) groups excluding carboxylic acids is 3. The molecular formula is C31H39ClN4O7. The highest BCUT2D eigenvalue weighted by atomic mass is 35.5.